The zero-order valence-corrected chi connectivity index (χ0v) is 13.5. The summed E-state index contributed by atoms with van der Waals surface area (Å²) in [5.41, 5.74) is 2.09. The van der Waals surface area contributed by atoms with Crippen molar-refractivity contribution in [1.82, 2.24) is 5.32 Å². The number of halogens is 1. The number of anilines is 1. The van der Waals surface area contributed by atoms with E-state index in [0.717, 1.165) is 50.0 Å². The van der Waals surface area contributed by atoms with E-state index in [1.54, 1.807) is 6.07 Å². The van der Waals surface area contributed by atoms with E-state index in [1.165, 1.54) is 6.07 Å². The fourth-order valence-corrected chi connectivity index (χ4v) is 2.45. The number of nitrogens with zero attached hydrogens (tertiary/aromatic N) is 1. The number of rotatable bonds is 10. The van der Waals surface area contributed by atoms with E-state index >= 15 is 0 Å². The Morgan fingerprint density at radius 3 is 2.71 bits per heavy atom. The summed E-state index contributed by atoms with van der Waals surface area (Å²) in [7, 11) is 2.04. The second-order valence-electron chi connectivity index (χ2n) is 5.58. The first-order valence-corrected chi connectivity index (χ1v) is 7.95. The molecule has 0 radical (unpaired) electrons. The Labute approximate surface area is 128 Å². The van der Waals surface area contributed by atoms with Gasteiger partial charge in [0.05, 0.1) is 0 Å². The summed E-state index contributed by atoms with van der Waals surface area (Å²) in [6, 6.07) is 5.15. The van der Waals surface area contributed by atoms with Gasteiger partial charge >= 0.3 is 0 Å². The second-order valence-corrected chi connectivity index (χ2v) is 5.58. The summed E-state index contributed by atoms with van der Waals surface area (Å²) < 4.78 is 13.6. The van der Waals surface area contributed by atoms with Crippen LogP contribution in [-0.4, -0.2) is 31.9 Å². The minimum Gasteiger partial charge on any atom is -0.396 e. The zero-order chi connectivity index (χ0) is 15.7. The first-order valence-electron chi connectivity index (χ1n) is 7.95. The summed E-state index contributed by atoms with van der Waals surface area (Å²) >= 11 is 0. The summed E-state index contributed by atoms with van der Waals surface area (Å²) in [6.45, 7) is 6.30. The summed E-state index contributed by atoms with van der Waals surface area (Å²) in [6.07, 6.45) is 3.95. The molecule has 0 spiro atoms. The highest BCUT2D eigenvalue weighted by Gasteiger charge is 2.14. The molecular weight excluding hydrogens is 267 g/mol. The molecule has 1 atom stereocenters. The Morgan fingerprint density at radius 2 is 2.05 bits per heavy atom. The van der Waals surface area contributed by atoms with E-state index in [-0.39, 0.29) is 18.5 Å². The molecule has 0 amide bonds. The lowest BCUT2D eigenvalue weighted by Crippen LogP contribution is -2.25. The van der Waals surface area contributed by atoms with Crippen molar-refractivity contribution in [2.75, 3.05) is 31.6 Å². The van der Waals surface area contributed by atoms with Crippen LogP contribution in [0.5, 0.6) is 0 Å². The average molecular weight is 296 g/mol. The van der Waals surface area contributed by atoms with Crippen LogP contribution in [0, 0.1) is 5.82 Å². The number of hydrogen-bond donors (Lipinski definition) is 2. The molecular formula is C17H29FN2O. The quantitative estimate of drug-likeness (QED) is 0.649. The van der Waals surface area contributed by atoms with Gasteiger partial charge in [-0.25, -0.2) is 4.39 Å². The lowest BCUT2D eigenvalue weighted by molar-refractivity contribution is 0.283. The molecule has 0 aliphatic carbocycles. The van der Waals surface area contributed by atoms with Gasteiger partial charge in [0, 0.05) is 31.9 Å². The molecule has 1 unspecified atom stereocenters. The van der Waals surface area contributed by atoms with Crippen LogP contribution in [0.4, 0.5) is 10.1 Å². The van der Waals surface area contributed by atoms with Crippen molar-refractivity contribution in [3.8, 4) is 0 Å². The van der Waals surface area contributed by atoms with E-state index in [0.29, 0.717) is 0 Å². The van der Waals surface area contributed by atoms with Crippen molar-refractivity contribution in [3.05, 3.63) is 29.6 Å². The van der Waals surface area contributed by atoms with Crippen LogP contribution < -0.4 is 10.2 Å². The van der Waals surface area contributed by atoms with E-state index in [2.05, 4.69) is 24.1 Å². The molecule has 2 N–H and O–H groups in total. The predicted molar refractivity (Wildman–Crippen MR) is 87.3 cm³/mol. The van der Waals surface area contributed by atoms with Crippen molar-refractivity contribution in [2.45, 2.75) is 45.6 Å². The minimum absolute atomic E-state index is 0.135. The van der Waals surface area contributed by atoms with Crippen molar-refractivity contribution >= 4 is 5.69 Å². The third kappa shape index (κ3) is 6.02. The van der Waals surface area contributed by atoms with Crippen LogP contribution in [-0.2, 0) is 0 Å². The normalized spacial score (nSPS) is 12.4. The average Bonchev–Trinajstić information content (AvgIpc) is 2.48. The molecule has 0 aliphatic rings. The molecule has 0 aromatic heterocycles. The number of aliphatic hydroxyl groups is 1. The molecule has 0 saturated heterocycles. The number of unbranched alkanes of at least 4 members (excludes halogenated alkanes) is 2. The highest BCUT2D eigenvalue weighted by atomic mass is 19.1. The van der Waals surface area contributed by atoms with E-state index in [1.807, 2.05) is 13.1 Å². The molecule has 0 aliphatic heterocycles. The fourth-order valence-electron chi connectivity index (χ4n) is 2.45. The Hall–Kier alpha value is -1.13. The molecule has 21 heavy (non-hydrogen) atoms. The summed E-state index contributed by atoms with van der Waals surface area (Å²) in [4.78, 5) is 2.18. The van der Waals surface area contributed by atoms with E-state index in [4.69, 9.17) is 5.11 Å². The number of hydrogen-bond acceptors (Lipinski definition) is 3. The van der Waals surface area contributed by atoms with Gasteiger partial charge in [-0.3, -0.25) is 0 Å². The topological polar surface area (TPSA) is 35.5 Å². The van der Waals surface area contributed by atoms with Crippen LogP contribution >= 0.6 is 0 Å². The van der Waals surface area contributed by atoms with Gasteiger partial charge in [0.25, 0.3) is 0 Å². The van der Waals surface area contributed by atoms with Crippen molar-refractivity contribution in [2.24, 2.45) is 0 Å². The molecule has 4 heteroatoms. The maximum absolute atomic E-state index is 13.6. The largest absolute Gasteiger partial charge is 0.396 e. The van der Waals surface area contributed by atoms with Gasteiger partial charge in [-0.15, -0.1) is 0 Å². The predicted octanol–water partition coefficient (Wildman–Crippen LogP) is 3.49. The van der Waals surface area contributed by atoms with Gasteiger partial charge in [-0.1, -0.05) is 6.92 Å². The first kappa shape index (κ1) is 17.9. The standard InChI is InChI=1S/C17H29FN2O/c1-4-10-19-14(2)16-13-15(18)8-9-17(16)20(3)11-6-5-7-12-21/h8-9,13-14,19,21H,4-7,10-12H2,1-3H3. The Morgan fingerprint density at radius 1 is 1.29 bits per heavy atom. The fraction of sp³-hybridized carbons (Fsp3) is 0.647. The number of benzene rings is 1. The smallest absolute Gasteiger partial charge is 0.123 e. The van der Waals surface area contributed by atoms with Gasteiger partial charge in [0.1, 0.15) is 5.82 Å². The van der Waals surface area contributed by atoms with Gasteiger partial charge in [-0.05, 0) is 62.9 Å². The Kier molecular flexibility index (Phi) is 8.31. The molecule has 3 nitrogen and oxygen atoms in total. The third-order valence-corrected chi connectivity index (χ3v) is 3.72. The van der Waals surface area contributed by atoms with Crippen LogP contribution in [0.15, 0.2) is 18.2 Å². The maximum Gasteiger partial charge on any atom is 0.123 e. The molecule has 1 rings (SSSR count). The zero-order valence-electron chi connectivity index (χ0n) is 13.5. The van der Waals surface area contributed by atoms with Crippen LogP contribution in [0.25, 0.3) is 0 Å². The minimum atomic E-state index is -0.187. The SMILES string of the molecule is CCCNC(C)c1cc(F)ccc1N(C)CCCCCO. The molecule has 1 aromatic carbocycles. The van der Waals surface area contributed by atoms with Crippen molar-refractivity contribution in [1.29, 1.82) is 0 Å². The summed E-state index contributed by atoms with van der Waals surface area (Å²) in [5, 5.41) is 12.2. The van der Waals surface area contributed by atoms with Gasteiger partial charge in [0.15, 0.2) is 0 Å². The lowest BCUT2D eigenvalue weighted by Gasteiger charge is -2.26. The van der Waals surface area contributed by atoms with Crippen molar-refractivity contribution < 1.29 is 9.50 Å². The first-order chi connectivity index (χ1) is 10.1. The molecule has 0 fully saturated rings. The third-order valence-electron chi connectivity index (χ3n) is 3.72. The molecule has 120 valence electrons. The molecule has 0 bridgehead atoms. The van der Waals surface area contributed by atoms with Crippen LogP contribution in [0.1, 0.15) is 51.1 Å². The van der Waals surface area contributed by atoms with Crippen LogP contribution in [0.3, 0.4) is 0 Å². The molecule has 0 heterocycles. The molecule has 1 aromatic rings. The number of aliphatic hydroxyl groups excluding tert-OH is 1. The maximum atomic E-state index is 13.6. The second kappa shape index (κ2) is 9.74. The number of nitrogens with one attached hydrogen (secondary N) is 1. The summed E-state index contributed by atoms with van der Waals surface area (Å²) in [5.74, 6) is -0.187. The monoisotopic (exact) mass is 296 g/mol. The van der Waals surface area contributed by atoms with Crippen LogP contribution in [0.2, 0.25) is 0 Å². The highest BCUT2D eigenvalue weighted by molar-refractivity contribution is 5.54. The molecule has 0 saturated carbocycles. The van der Waals surface area contributed by atoms with Crippen molar-refractivity contribution in [3.63, 3.8) is 0 Å². The lowest BCUT2D eigenvalue weighted by atomic mass is 10.0. The van der Waals surface area contributed by atoms with Gasteiger partial charge in [0.2, 0.25) is 0 Å². The highest BCUT2D eigenvalue weighted by Crippen LogP contribution is 2.27. The van der Waals surface area contributed by atoms with Gasteiger partial charge < -0.3 is 15.3 Å². The van der Waals surface area contributed by atoms with Gasteiger partial charge in [-0.2, -0.15) is 0 Å². The Bertz CT molecular complexity index is 412. The Balaban J connectivity index is 2.75. The van der Waals surface area contributed by atoms with E-state index in [9.17, 15) is 4.39 Å². The van der Waals surface area contributed by atoms with E-state index < -0.39 is 0 Å².